The summed E-state index contributed by atoms with van der Waals surface area (Å²) in [4.78, 5) is 28.1. The first-order valence-electron chi connectivity index (χ1n) is 10.4. The van der Waals surface area contributed by atoms with Crippen LogP contribution in [0.5, 0.6) is 5.75 Å². The van der Waals surface area contributed by atoms with Crippen molar-refractivity contribution in [3.8, 4) is 5.75 Å². The molecule has 3 aromatic rings. The van der Waals surface area contributed by atoms with Crippen LogP contribution in [0.2, 0.25) is 0 Å². The molecule has 160 valence electrons. The Balaban J connectivity index is 1.53. The normalized spacial score (nSPS) is 16.2. The van der Waals surface area contributed by atoms with Gasteiger partial charge in [-0.2, -0.15) is 0 Å². The van der Waals surface area contributed by atoms with E-state index in [0.29, 0.717) is 18.7 Å². The maximum absolute atomic E-state index is 13.4. The fraction of sp³-hybridized carbons (Fsp3) is 0.280. The van der Waals surface area contributed by atoms with E-state index in [2.05, 4.69) is 21.2 Å². The van der Waals surface area contributed by atoms with Crippen LogP contribution in [0.4, 0.5) is 5.69 Å². The Morgan fingerprint density at radius 3 is 2.61 bits per heavy atom. The first-order chi connectivity index (χ1) is 15.0. The van der Waals surface area contributed by atoms with E-state index >= 15 is 0 Å². The number of nitrogens with one attached hydrogen (secondary N) is 1. The van der Waals surface area contributed by atoms with Crippen LogP contribution in [0.3, 0.4) is 0 Å². The molecule has 1 atom stereocenters. The number of piperidine rings is 1. The molecule has 0 saturated carbocycles. The lowest BCUT2D eigenvalue weighted by Crippen LogP contribution is -2.43. The van der Waals surface area contributed by atoms with E-state index in [1.54, 1.807) is 12.0 Å². The first-order valence-corrected chi connectivity index (χ1v) is 11.2. The summed E-state index contributed by atoms with van der Waals surface area (Å²) in [5, 5.41) is 4.81. The molecule has 0 unspecified atom stereocenters. The van der Waals surface area contributed by atoms with Crippen molar-refractivity contribution in [1.82, 2.24) is 4.90 Å². The molecular formula is C25H25BrN2O3. The van der Waals surface area contributed by atoms with Gasteiger partial charge in [-0.15, -0.1) is 0 Å². The van der Waals surface area contributed by atoms with Gasteiger partial charge in [0.1, 0.15) is 5.75 Å². The van der Waals surface area contributed by atoms with E-state index in [1.807, 2.05) is 61.5 Å². The zero-order valence-corrected chi connectivity index (χ0v) is 19.2. The summed E-state index contributed by atoms with van der Waals surface area (Å²) in [5.74, 6) is 0.428. The van der Waals surface area contributed by atoms with E-state index in [0.717, 1.165) is 45.1 Å². The third kappa shape index (κ3) is 4.44. The van der Waals surface area contributed by atoms with Gasteiger partial charge in [-0.25, -0.2) is 0 Å². The molecule has 0 bridgehead atoms. The van der Waals surface area contributed by atoms with Crippen molar-refractivity contribution in [3.05, 3.63) is 70.2 Å². The molecule has 0 spiro atoms. The molecule has 0 aromatic heterocycles. The van der Waals surface area contributed by atoms with Crippen molar-refractivity contribution >= 4 is 44.2 Å². The first kappa shape index (κ1) is 21.4. The average molecular weight is 481 g/mol. The lowest BCUT2D eigenvalue weighted by molar-refractivity contribution is -0.121. The zero-order chi connectivity index (χ0) is 22.0. The number of ether oxygens (including phenoxy) is 1. The number of hydrogen-bond acceptors (Lipinski definition) is 3. The Labute approximate surface area is 190 Å². The van der Waals surface area contributed by atoms with E-state index in [9.17, 15) is 9.59 Å². The molecule has 5 nitrogen and oxygen atoms in total. The van der Waals surface area contributed by atoms with Gasteiger partial charge >= 0.3 is 0 Å². The van der Waals surface area contributed by atoms with Gasteiger partial charge in [0.15, 0.2) is 0 Å². The van der Waals surface area contributed by atoms with Crippen molar-refractivity contribution in [2.75, 3.05) is 25.5 Å². The minimum Gasteiger partial charge on any atom is -0.496 e. The number of methoxy groups -OCH3 is 1. The van der Waals surface area contributed by atoms with Gasteiger partial charge in [0.2, 0.25) is 5.91 Å². The Morgan fingerprint density at radius 2 is 1.87 bits per heavy atom. The van der Waals surface area contributed by atoms with E-state index < -0.39 is 0 Å². The van der Waals surface area contributed by atoms with Crippen LogP contribution in [0.15, 0.2) is 59.1 Å². The second-order valence-electron chi connectivity index (χ2n) is 7.90. The molecule has 1 fully saturated rings. The molecule has 1 saturated heterocycles. The average Bonchev–Trinajstić information content (AvgIpc) is 2.79. The molecular weight excluding hydrogens is 456 g/mol. The highest BCUT2D eigenvalue weighted by molar-refractivity contribution is 9.10. The number of hydrogen-bond donors (Lipinski definition) is 1. The summed E-state index contributed by atoms with van der Waals surface area (Å²) in [6, 6.07) is 17.2. The maximum Gasteiger partial charge on any atom is 0.254 e. The van der Waals surface area contributed by atoms with Crippen molar-refractivity contribution in [1.29, 1.82) is 0 Å². The standard InChI is InChI=1S/C25H25BrN2O3/c1-16-14-18(26)9-11-22(16)27-24(29)17-6-5-13-28(15-17)25(30)21-10-12-23(31-2)20-8-4-3-7-19(20)21/h3-4,7-12,14,17H,5-6,13,15H2,1-2H3,(H,27,29)/t17-/m1/s1. The number of carbonyl (C=O) groups is 2. The van der Waals surface area contributed by atoms with Crippen molar-refractivity contribution in [2.24, 2.45) is 5.92 Å². The van der Waals surface area contributed by atoms with Crippen LogP contribution in [-0.2, 0) is 4.79 Å². The molecule has 0 aliphatic carbocycles. The van der Waals surface area contributed by atoms with Gasteiger partial charge in [0.05, 0.1) is 13.0 Å². The smallest absolute Gasteiger partial charge is 0.254 e. The molecule has 1 heterocycles. The van der Waals surface area contributed by atoms with Crippen LogP contribution < -0.4 is 10.1 Å². The van der Waals surface area contributed by atoms with Crippen molar-refractivity contribution in [3.63, 3.8) is 0 Å². The Kier molecular flexibility index (Phi) is 6.28. The number of fused-ring (bicyclic) bond motifs is 1. The number of anilines is 1. The van der Waals surface area contributed by atoms with E-state index in [1.165, 1.54) is 0 Å². The van der Waals surface area contributed by atoms with Gasteiger partial charge in [-0.1, -0.05) is 40.2 Å². The number of aryl methyl sites for hydroxylation is 1. The molecule has 0 radical (unpaired) electrons. The number of nitrogens with zero attached hydrogens (tertiary/aromatic N) is 1. The fourth-order valence-electron chi connectivity index (χ4n) is 4.18. The predicted octanol–water partition coefficient (Wildman–Crippen LogP) is 5.41. The lowest BCUT2D eigenvalue weighted by Gasteiger charge is -2.32. The second-order valence-corrected chi connectivity index (χ2v) is 8.82. The molecule has 3 aromatic carbocycles. The Hall–Kier alpha value is -2.86. The van der Waals surface area contributed by atoms with Gasteiger partial charge in [-0.05, 0) is 61.0 Å². The molecule has 1 aliphatic heterocycles. The molecule has 1 N–H and O–H groups in total. The predicted molar refractivity (Wildman–Crippen MR) is 127 cm³/mol. The summed E-state index contributed by atoms with van der Waals surface area (Å²) < 4.78 is 6.43. The molecule has 2 amide bonds. The second kappa shape index (κ2) is 9.10. The summed E-state index contributed by atoms with van der Waals surface area (Å²) in [5.41, 5.74) is 2.44. The van der Waals surface area contributed by atoms with Crippen molar-refractivity contribution in [2.45, 2.75) is 19.8 Å². The maximum atomic E-state index is 13.4. The van der Waals surface area contributed by atoms with Crippen LogP contribution in [0, 0.1) is 12.8 Å². The minimum atomic E-state index is -0.231. The highest BCUT2D eigenvalue weighted by Crippen LogP contribution is 2.30. The van der Waals surface area contributed by atoms with Gasteiger partial charge < -0.3 is 15.0 Å². The summed E-state index contributed by atoms with van der Waals surface area (Å²) in [7, 11) is 1.63. The quantitative estimate of drug-likeness (QED) is 0.542. The largest absolute Gasteiger partial charge is 0.496 e. The van der Waals surface area contributed by atoms with Crippen LogP contribution in [-0.4, -0.2) is 36.9 Å². The highest BCUT2D eigenvalue weighted by Gasteiger charge is 2.30. The molecule has 1 aliphatic rings. The lowest BCUT2D eigenvalue weighted by atomic mass is 9.95. The minimum absolute atomic E-state index is 0.0393. The SMILES string of the molecule is COc1ccc(C(=O)N2CCC[C@@H](C(=O)Nc3ccc(Br)cc3C)C2)c2ccccc12. The van der Waals surface area contributed by atoms with Crippen molar-refractivity contribution < 1.29 is 14.3 Å². The number of amides is 2. The summed E-state index contributed by atoms with van der Waals surface area (Å²) in [6.07, 6.45) is 1.58. The molecule has 6 heteroatoms. The highest BCUT2D eigenvalue weighted by atomic mass is 79.9. The summed E-state index contributed by atoms with van der Waals surface area (Å²) >= 11 is 3.45. The Morgan fingerprint density at radius 1 is 1.10 bits per heavy atom. The number of rotatable bonds is 4. The van der Waals surface area contributed by atoms with Gasteiger partial charge in [0.25, 0.3) is 5.91 Å². The van der Waals surface area contributed by atoms with Gasteiger partial charge in [0, 0.05) is 34.2 Å². The zero-order valence-electron chi connectivity index (χ0n) is 17.7. The van der Waals surface area contributed by atoms with Crippen LogP contribution in [0.1, 0.15) is 28.8 Å². The third-order valence-corrected chi connectivity index (χ3v) is 6.35. The van der Waals surface area contributed by atoms with E-state index in [4.69, 9.17) is 4.74 Å². The van der Waals surface area contributed by atoms with E-state index in [-0.39, 0.29) is 17.7 Å². The summed E-state index contributed by atoms with van der Waals surface area (Å²) in [6.45, 7) is 3.03. The number of benzene rings is 3. The molecule has 4 rings (SSSR count). The van der Waals surface area contributed by atoms with Gasteiger partial charge in [-0.3, -0.25) is 9.59 Å². The monoisotopic (exact) mass is 480 g/mol. The number of carbonyl (C=O) groups excluding carboxylic acids is 2. The van der Waals surface area contributed by atoms with Crippen LogP contribution in [0.25, 0.3) is 10.8 Å². The number of halogens is 1. The molecule has 31 heavy (non-hydrogen) atoms. The fourth-order valence-corrected chi connectivity index (χ4v) is 4.66. The van der Waals surface area contributed by atoms with Crippen LogP contribution >= 0.6 is 15.9 Å². The number of likely N-dealkylation sites (tertiary alicyclic amines) is 1. The topological polar surface area (TPSA) is 58.6 Å². The third-order valence-electron chi connectivity index (χ3n) is 5.86. The Bertz CT molecular complexity index is 1140.